The van der Waals surface area contributed by atoms with E-state index in [1.165, 1.54) is 23.3 Å². The van der Waals surface area contributed by atoms with Crippen LogP contribution in [0, 0.1) is 13.8 Å². The summed E-state index contributed by atoms with van der Waals surface area (Å²) in [5.74, 6) is 7.20. The van der Waals surface area contributed by atoms with E-state index in [-0.39, 0.29) is 0 Å². The first kappa shape index (κ1) is 12.8. The van der Waals surface area contributed by atoms with Crippen molar-refractivity contribution in [2.24, 2.45) is 5.84 Å². The lowest BCUT2D eigenvalue weighted by molar-refractivity contribution is 0.308. The second kappa shape index (κ2) is 4.70. The topological polar surface area (TPSA) is 67.1 Å². The van der Waals surface area contributed by atoms with Gasteiger partial charge in [0, 0.05) is 10.9 Å². The highest BCUT2D eigenvalue weighted by atomic mass is 32.1. The third kappa shape index (κ3) is 2.31. The molecule has 0 aromatic carbocycles. The fraction of sp³-hybridized carbons (Fsp3) is 0.538. The minimum absolute atomic E-state index is 0.709. The average Bonchev–Trinajstić information content (AvgIpc) is 3.17. The zero-order valence-corrected chi connectivity index (χ0v) is 12.3. The number of hydrogen-bond donors (Lipinski definition) is 2. The first-order valence-electron chi connectivity index (χ1n) is 6.53. The van der Waals surface area contributed by atoms with Crippen molar-refractivity contribution in [2.45, 2.75) is 39.3 Å². The molecule has 3 N–H and O–H groups in total. The molecule has 2 heterocycles. The number of thiophene rings is 1. The van der Waals surface area contributed by atoms with Gasteiger partial charge >= 0.3 is 0 Å². The SMILES string of the molecule is Cc1sc2nc(CN(C)C3CC3)nc(NN)c2c1C. The Labute approximate surface area is 116 Å². The lowest BCUT2D eigenvalue weighted by Gasteiger charge is -2.15. The Kier molecular flexibility index (Phi) is 3.16. The van der Waals surface area contributed by atoms with Crippen LogP contribution < -0.4 is 11.3 Å². The molecule has 2 aromatic rings. The van der Waals surface area contributed by atoms with Gasteiger partial charge in [0.2, 0.25) is 0 Å². The largest absolute Gasteiger partial charge is 0.308 e. The van der Waals surface area contributed by atoms with Gasteiger partial charge in [-0.3, -0.25) is 4.90 Å². The zero-order valence-electron chi connectivity index (χ0n) is 11.5. The van der Waals surface area contributed by atoms with E-state index in [2.05, 4.69) is 41.2 Å². The third-order valence-corrected chi connectivity index (χ3v) is 4.87. The van der Waals surface area contributed by atoms with Gasteiger partial charge < -0.3 is 5.43 Å². The average molecular weight is 277 g/mol. The van der Waals surface area contributed by atoms with Gasteiger partial charge in [-0.05, 0) is 39.3 Å². The first-order valence-corrected chi connectivity index (χ1v) is 7.35. The van der Waals surface area contributed by atoms with Gasteiger partial charge in [0.05, 0.1) is 11.9 Å². The summed E-state index contributed by atoms with van der Waals surface area (Å²) in [6, 6.07) is 0.709. The Morgan fingerprint density at radius 3 is 2.74 bits per heavy atom. The number of anilines is 1. The van der Waals surface area contributed by atoms with Crippen molar-refractivity contribution >= 4 is 27.4 Å². The number of hydrogen-bond acceptors (Lipinski definition) is 6. The van der Waals surface area contributed by atoms with Crippen LogP contribution in [0.4, 0.5) is 5.82 Å². The highest BCUT2D eigenvalue weighted by molar-refractivity contribution is 7.18. The smallest absolute Gasteiger partial charge is 0.152 e. The molecular weight excluding hydrogens is 258 g/mol. The van der Waals surface area contributed by atoms with Gasteiger partial charge in [0.25, 0.3) is 0 Å². The van der Waals surface area contributed by atoms with Crippen LogP contribution in [0.5, 0.6) is 0 Å². The van der Waals surface area contributed by atoms with E-state index in [0.29, 0.717) is 6.04 Å². The molecule has 6 heteroatoms. The first-order chi connectivity index (χ1) is 9.10. The molecule has 1 aliphatic carbocycles. The number of rotatable bonds is 4. The van der Waals surface area contributed by atoms with Gasteiger partial charge in [0.1, 0.15) is 10.7 Å². The maximum atomic E-state index is 5.62. The second-order valence-corrected chi connectivity index (χ2v) is 6.45. The summed E-state index contributed by atoms with van der Waals surface area (Å²) in [6.07, 6.45) is 2.58. The van der Waals surface area contributed by atoms with Crippen molar-refractivity contribution in [2.75, 3.05) is 12.5 Å². The van der Waals surface area contributed by atoms with E-state index >= 15 is 0 Å². The van der Waals surface area contributed by atoms with Crippen LogP contribution in [0.15, 0.2) is 0 Å². The predicted molar refractivity (Wildman–Crippen MR) is 79.2 cm³/mol. The normalized spacial score (nSPS) is 15.4. The Balaban J connectivity index is 2.01. The number of aryl methyl sites for hydroxylation is 2. The molecule has 0 atom stereocenters. The second-order valence-electron chi connectivity index (χ2n) is 5.24. The van der Waals surface area contributed by atoms with E-state index < -0.39 is 0 Å². The number of hydrazine groups is 1. The van der Waals surface area contributed by atoms with Crippen molar-refractivity contribution in [1.82, 2.24) is 14.9 Å². The summed E-state index contributed by atoms with van der Waals surface area (Å²) in [4.78, 5) is 13.9. The van der Waals surface area contributed by atoms with Gasteiger partial charge in [-0.1, -0.05) is 0 Å². The summed E-state index contributed by atoms with van der Waals surface area (Å²) in [5.41, 5.74) is 3.94. The molecule has 0 aliphatic heterocycles. The molecule has 0 unspecified atom stereocenters. The quantitative estimate of drug-likeness (QED) is 0.662. The van der Waals surface area contributed by atoms with Crippen molar-refractivity contribution in [3.8, 4) is 0 Å². The monoisotopic (exact) mass is 277 g/mol. The molecule has 3 rings (SSSR count). The fourth-order valence-corrected chi connectivity index (χ4v) is 3.38. The number of nitrogen functional groups attached to an aromatic ring is 1. The lowest BCUT2D eigenvalue weighted by Crippen LogP contribution is -2.22. The molecule has 0 spiro atoms. The van der Waals surface area contributed by atoms with Crippen LogP contribution >= 0.6 is 11.3 Å². The molecular formula is C13H19N5S. The van der Waals surface area contributed by atoms with Crippen molar-refractivity contribution in [3.63, 3.8) is 0 Å². The van der Waals surface area contributed by atoms with E-state index in [4.69, 9.17) is 5.84 Å². The highest BCUT2D eigenvalue weighted by Crippen LogP contribution is 2.33. The summed E-state index contributed by atoms with van der Waals surface area (Å²) in [7, 11) is 2.13. The van der Waals surface area contributed by atoms with Crippen LogP contribution in [0.1, 0.15) is 29.1 Å². The maximum absolute atomic E-state index is 5.62. The summed E-state index contributed by atoms with van der Waals surface area (Å²) >= 11 is 1.71. The van der Waals surface area contributed by atoms with Crippen molar-refractivity contribution in [3.05, 3.63) is 16.3 Å². The third-order valence-electron chi connectivity index (χ3n) is 3.77. The molecule has 1 fully saturated rings. The molecule has 1 aliphatic rings. The molecule has 5 nitrogen and oxygen atoms in total. The number of nitrogens with one attached hydrogen (secondary N) is 1. The van der Waals surface area contributed by atoms with Crippen LogP contribution in [0.25, 0.3) is 10.2 Å². The van der Waals surface area contributed by atoms with Gasteiger partial charge in [0.15, 0.2) is 5.82 Å². The molecule has 0 bridgehead atoms. The molecule has 0 amide bonds. The number of aromatic nitrogens is 2. The molecule has 19 heavy (non-hydrogen) atoms. The van der Waals surface area contributed by atoms with E-state index in [9.17, 15) is 0 Å². The van der Waals surface area contributed by atoms with Crippen molar-refractivity contribution in [1.29, 1.82) is 0 Å². The van der Waals surface area contributed by atoms with E-state index in [1.807, 2.05) is 0 Å². The Hall–Kier alpha value is -1.24. The van der Waals surface area contributed by atoms with Crippen LogP contribution in [-0.2, 0) is 6.54 Å². The molecule has 1 saturated carbocycles. The zero-order chi connectivity index (χ0) is 13.6. The van der Waals surface area contributed by atoms with Gasteiger partial charge in [-0.25, -0.2) is 15.8 Å². The molecule has 2 aromatic heterocycles. The van der Waals surface area contributed by atoms with Crippen LogP contribution in [-0.4, -0.2) is 28.0 Å². The Morgan fingerprint density at radius 1 is 1.37 bits per heavy atom. The highest BCUT2D eigenvalue weighted by Gasteiger charge is 2.27. The van der Waals surface area contributed by atoms with Crippen LogP contribution in [0.2, 0.25) is 0 Å². The molecule has 102 valence electrons. The summed E-state index contributed by atoms with van der Waals surface area (Å²) in [5, 5.41) is 1.06. The number of nitrogens with two attached hydrogens (primary N) is 1. The van der Waals surface area contributed by atoms with Gasteiger partial charge in [-0.2, -0.15) is 0 Å². The number of fused-ring (bicyclic) bond motifs is 1. The minimum Gasteiger partial charge on any atom is -0.308 e. The minimum atomic E-state index is 0.709. The van der Waals surface area contributed by atoms with Gasteiger partial charge in [-0.15, -0.1) is 11.3 Å². The molecule has 0 saturated heterocycles. The Morgan fingerprint density at radius 2 is 2.11 bits per heavy atom. The standard InChI is InChI=1S/C13H19N5S/c1-7-8(2)19-13-11(7)12(17-14)15-10(16-13)6-18(3)9-4-5-9/h9H,4-6,14H2,1-3H3,(H,15,16,17). The van der Waals surface area contributed by atoms with E-state index in [0.717, 1.165) is 28.4 Å². The predicted octanol–water partition coefficient (Wildman–Crippen LogP) is 2.19. The van der Waals surface area contributed by atoms with Crippen LogP contribution in [0.3, 0.4) is 0 Å². The van der Waals surface area contributed by atoms with E-state index in [1.54, 1.807) is 11.3 Å². The molecule has 0 radical (unpaired) electrons. The maximum Gasteiger partial charge on any atom is 0.152 e. The summed E-state index contributed by atoms with van der Waals surface area (Å²) in [6.45, 7) is 4.98. The fourth-order valence-electron chi connectivity index (χ4n) is 2.34. The summed E-state index contributed by atoms with van der Waals surface area (Å²) < 4.78 is 0. The lowest BCUT2D eigenvalue weighted by atomic mass is 10.2. The van der Waals surface area contributed by atoms with Crippen molar-refractivity contribution < 1.29 is 0 Å². The Bertz CT molecular complexity index is 617. The number of nitrogens with zero attached hydrogens (tertiary/aromatic N) is 3.